The summed E-state index contributed by atoms with van der Waals surface area (Å²) in [5.74, 6) is 0. The Morgan fingerprint density at radius 2 is 1.07 bits per heavy atom. The lowest BCUT2D eigenvalue weighted by Gasteiger charge is -2.06. The second-order valence-electron chi connectivity index (χ2n) is 8.10. The summed E-state index contributed by atoms with van der Waals surface area (Å²) >= 11 is 0. The molecule has 0 saturated heterocycles. The monoisotopic (exact) mass is 374 g/mol. The lowest BCUT2D eigenvalue weighted by atomic mass is 10.0. The van der Waals surface area contributed by atoms with Gasteiger partial charge in [-0.05, 0) is 48.9 Å². The van der Waals surface area contributed by atoms with Gasteiger partial charge in [0.05, 0.1) is 0 Å². The van der Waals surface area contributed by atoms with Gasteiger partial charge in [0, 0.05) is 51.0 Å². The third kappa shape index (κ3) is 5.76. The number of rotatable bonds is 8. The molecular weight excluding hydrogens is 340 g/mol. The number of hydrogen-bond donors (Lipinski definition) is 0. The van der Waals surface area contributed by atoms with E-state index in [4.69, 9.17) is 0 Å². The Morgan fingerprint density at radius 3 is 1.50 bits per heavy atom. The van der Waals surface area contributed by atoms with Crippen molar-refractivity contribution >= 4 is 0 Å². The molecule has 2 aromatic heterocycles. The fraction of sp³-hybridized carbons (Fsp3) is 0.385. The van der Waals surface area contributed by atoms with E-state index in [1.165, 1.54) is 46.5 Å². The number of hydrogen-bond acceptors (Lipinski definition) is 0. The van der Waals surface area contributed by atoms with Crippen LogP contribution in [-0.4, -0.2) is 0 Å². The first-order valence-corrected chi connectivity index (χ1v) is 10.5. The zero-order valence-electron chi connectivity index (χ0n) is 17.9. The van der Waals surface area contributed by atoms with Gasteiger partial charge in [0.15, 0.2) is 23.8 Å². The van der Waals surface area contributed by atoms with E-state index in [1.54, 1.807) is 0 Å². The molecule has 0 aliphatic heterocycles. The Kier molecular flexibility index (Phi) is 6.97. The van der Waals surface area contributed by atoms with Gasteiger partial charge in [0.25, 0.3) is 0 Å². The van der Waals surface area contributed by atoms with Crippen molar-refractivity contribution in [1.29, 1.82) is 0 Å². The Balaban J connectivity index is 1.49. The molecule has 0 aliphatic rings. The molecule has 3 rings (SSSR count). The van der Waals surface area contributed by atoms with Crippen LogP contribution in [0, 0.1) is 27.7 Å². The number of aryl methyl sites for hydroxylation is 8. The molecule has 0 amide bonds. The first-order valence-electron chi connectivity index (χ1n) is 10.5. The minimum absolute atomic E-state index is 1.08. The number of aromatic nitrogens is 2. The number of pyridine rings is 2. The van der Waals surface area contributed by atoms with E-state index >= 15 is 0 Å². The molecule has 0 saturated carbocycles. The third-order valence-corrected chi connectivity index (χ3v) is 5.53. The fourth-order valence-electron chi connectivity index (χ4n) is 3.92. The molecule has 2 nitrogen and oxygen atoms in total. The molecule has 2 heteroatoms. The van der Waals surface area contributed by atoms with Crippen LogP contribution in [0.1, 0.15) is 46.5 Å². The molecule has 0 N–H and O–H groups in total. The lowest BCUT2D eigenvalue weighted by Crippen LogP contribution is -2.36. The van der Waals surface area contributed by atoms with Crippen LogP contribution in [0.5, 0.6) is 0 Å². The van der Waals surface area contributed by atoms with Crippen LogP contribution < -0.4 is 9.13 Å². The zero-order chi connectivity index (χ0) is 19.9. The van der Waals surface area contributed by atoms with E-state index in [9.17, 15) is 0 Å². The lowest BCUT2D eigenvalue weighted by molar-refractivity contribution is -0.703. The molecule has 0 radical (unpaired) electrons. The highest BCUT2D eigenvalue weighted by atomic mass is 14.9. The van der Waals surface area contributed by atoms with E-state index in [1.807, 2.05) is 0 Å². The first-order chi connectivity index (χ1) is 13.5. The highest BCUT2D eigenvalue weighted by molar-refractivity contribution is 5.23. The third-order valence-electron chi connectivity index (χ3n) is 5.53. The Morgan fingerprint density at radius 1 is 0.607 bits per heavy atom. The van der Waals surface area contributed by atoms with Crippen molar-refractivity contribution in [2.45, 2.75) is 66.5 Å². The molecule has 0 unspecified atom stereocenters. The van der Waals surface area contributed by atoms with Gasteiger partial charge in [-0.25, -0.2) is 9.13 Å². The fourth-order valence-corrected chi connectivity index (χ4v) is 3.92. The average Bonchev–Trinajstić information content (AvgIpc) is 2.66. The summed E-state index contributed by atoms with van der Waals surface area (Å²) in [5.41, 5.74) is 8.28. The Hall–Kier alpha value is -2.48. The molecule has 0 fully saturated rings. The predicted octanol–water partition coefficient (Wildman–Crippen LogP) is 4.76. The second-order valence-corrected chi connectivity index (χ2v) is 8.10. The van der Waals surface area contributed by atoms with Gasteiger partial charge in [-0.15, -0.1) is 0 Å². The maximum Gasteiger partial charge on any atom is 0.178 e. The highest BCUT2D eigenvalue weighted by Gasteiger charge is 2.08. The van der Waals surface area contributed by atoms with Crippen molar-refractivity contribution in [1.82, 2.24) is 0 Å². The Bertz CT molecular complexity index is 855. The summed E-state index contributed by atoms with van der Waals surface area (Å²) in [6.07, 6.45) is 9.06. The molecular formula is C26H34N2+2. The van der Waals surface area contributed by atoms with Crippen molar-refractivity contribution in [3.63, 3.8) is 0 Å². The van der Waals surface area contributed by atoms with Crippen LogP contribution in [0.3, 0.4) is 0 Å². The predicted molar refractivity (Wildman–Crippen MR) is 115 cm³/mol. The van der Waals surface area contributed by atoms with Crippen LogP contribution in [0.2, 0.25) is 0 Å². The van der Waals surface area contributed by atoms with Crippen LogP contribution in [0.15, 0.2) is 60.9 Å². The summed E-state index contributed by atoms with van der Waals surface area (Å²) in [5, 5.41) is 0. The van der Waals surface area contributed by atoms with Crippen molar-refractivity contribution in [3.05, 3.63) is 94.6 Å². The molecule has 28 heavy (non-hydrogen) atoms. The largest absolute Gasteiger partial charge is 0.203 e. The molecule has 1 aromatic carbocycles. The van der Waals surface area contributed by atoms with Gasteiger partial charge in [-0.1, -0.05) is 24.3 Å². The molecule has 0 atom stereocenters. The smallest absolute Gasteiger partial charge is 0.178 e. The van der Waals surface area contributed by atoms with Crippen molar-refractivity contribution < 1.29 is 9.13 Å². The molecule has 2 heterocycles. The van der Waals surface area contributed by atoms with Crippen LogP contribution in [0.4, 0.5) is 0 Å². The molecule has 0 spiro atoms. The quantitative estimate of drug-likeness (QED) is 0.502. The normalized spacial score (nSPS) is 11.0. The summed E-state index contributed by atoms with van der Waals surface area (Å²) in [4.78, 5) is 0. The minimum atomic E-state index is 1.08. The first kappa shape index (κ1) is 20.3. The molecule has 146 valence electrons. The molecule has 0 aliphatic carbocycles. The zero-order valence-corrected chi connectivity index (χ0v) is 17.9. The topological polar surface area (TPSA) is 7.76 Å². The summed E-state index contributed by atoms with van der Waals surface area (Å²) in [6.45, 7) is 10.9. The second kappa shape index (κ2) is 9.64. The van der Waals surface area contributed by atoms with Crippen molar-refractivity contribution in [2.75, 3.05) is 0 Å². The van der Waals surface area contributed by atoms with Gasteiger partial charge in [-0.2, -0.15) is 0 Å². The van der Waals surface area contributed by atoms with Gasteiger partial charge >= 0.3 is 0 Å². The van der Waals surface area contributed by atoms with Crippen molar-refractivity contribution in [2.24, 2.45) is 0 Å². The Labute approximate surface area is 170 Å². The summed E-state index contributed by atoms with van der Waals surface area (Å²) in [6, 6.07) is 18.1. The van der Waals surface area contributed by atoms with E-state index in [-0.39, 0.29) is 0 Å². The highest BCUT2D eigenvalue weighted by Crippen LogP contribution is 2.10. The standard InChI is InChI=1S/C26H34N2/c1-21-12-16-27(23(3)18-21)14-6-10-25-8-5-9-26(20-25)11-7-15-28-17-13-22(2)19-24(28)4/h5,8-9,12-13,16-20H,6-7,10-11,14-15H2,1-4H3/q+2. The van der Waals surface area contributed by atoms with Crippen molar-refractivity contribution in [3.8, 4) is 0 Å². The molecule has 0 bridgehead atoms. The van der Waals surface area contributed by atoms with Gasteiger partial charge < -0.3 is 0 Å². The summed E-state index contributed by atoms with van der Waals surface area (Å²) in [7, 11) is 0. The maximum absolute atomic E-state index is 2.40. The van der Waals surface area contributed by atoms with E-state index in [2.05, 4.69) is 97.8 Å². The summed E-state index contributed by atoms with van der Waals surface area (Å²) < 4.78 is 4.72. The number of benzene rings is 1. The van der Waals surface area contributed by atoms with Crippen LogP contribution >= 0.6 is 0 Å². The van der Waals surface area contributed by atoms with Gasteiger partial charge in [0.2, 0.25) is 0 Å². The van der Waals surface area contributed by atoms with Crippen LogP contribution in [-0.2, 0) is 25.9 Å². The molecule has 3 aromatic rings. The number of nitrogens with zero attached hydrogens (tertiary/aromatic N) is 2. The SMILES string of the molecule is Cc1cc[n+](CCCc2cccc(CCC[n+]3ccc(C)cc3C)c2)c(C)c1. The van der Waals surface area contributed by atoms with Crippen LogP contribution in [0.25, 0.3) is 0 Å². The van der Waals surface area contributed by atoms with Gasteiger partial charge in [0.1, 0.15) is 13.1 Å². The van der Waals surface area contributed by atoms with E-state index in [0.717, 1.165) is 25.9 Å². The van der Waals surface area contributed by atoms with Gasteiger partial charge in [-0.3, -0.25) is 0 Å². The average molecular weight is 375 g/mol. The minimum Gasteiger partial charge on any atom is -0.203 e. The van der Waals surface area contributed by atoms with E-state index in [0.29, 0.717) is 0 Å². The maximum atomic E-state index is 2.40. The van der Waals surface area contributed by atoms with E-state index < -0.39 is 0 Å².